The van der Waals surface area contributed by atoms with Crippen molar-refractivity contribution in [2.75, 3.05) is 5.75 Å². The largest absolute Gasteiger partial charge is 0.478 e. The summed E-state index contributed by atoms with van der Waals surface area (Å²) in [5, 5.41) is 14.6. The Morgan fingerprint density at radius 3 is 2.34 bits per heavy atom. The number of halogens is 3. The lowest BCUT2D eigenvalue weighted by Gasteiger charge is -2.21. The molecular formula is C26H23F3N2O3S. The van der Waals surface area contributed by atoms with Crippen LogP contribution in [0.3, 0.4) is 0 Å². The Bertz CT molecular complexity index is 1330. The van der Waals surface area contributed by atoms with E-state index in [0.29, 0.717) is 11.4 Å². The van der Waals surface area contributed by atoms with E-state index in [0.717, 1.165) is 45.7 Å². The molecule has 1 heterocycles. The molecule has 0 aliphatic heterocycles. The van der Waals surface area contributed by atoms with Crippen LogP contribution in [0.4, 0.5) is 13.2 Å². The summed E-state index contributed by atoms with van der Waals surface area (Å²) in [6.45, 7) is 3.00. The maximum atomic E-state index is 12.8. The van der Waals surface area contributed by atoms with Crippen LogP contribution in [0.1, 0.15) is 25.0 Å². The zero-order valence-electron chi connectivity index (χ0n) is 19.0. The van der Waals surface area contributed by atoms with Crippen LogP contribution in [0.25, 0.3) is 16.6 Å². The van der Waals surface area contributed by atoms with Gasteiger partial charge in [0.05, 0.1) is 16.8 Å². The first kappa shape index (κ1) is 24.7. The van der Waals surface area contributed by atoms with Crippen LogP contribution >= 0.6 is 11.8 Å². The van der Waals surface area contributed by atoms with E-state index in [1.807, 2.05) is 30.3 Å². The smallest absolute Gasteiger partial charge is 0.416 e. The highest BCUT2D eigenvalue weighted by molar-refractivity contribution is 7.99. The summed E-state index contributed by atoms with van der Waals surface area (Å²) in [6, 6.07) is 18.2. The van der Waals surface area contributed by atoms with Crippen LogP contribution in [0.5, 0.6) is 5.75 Å². The van der Waals surface area contributed by atoms with Gasteiger partial charge in [-0.3, -0.25) is 0 Å². The number of aromatic nitrogens is 2. The Kier molecular flexibility index (Phi) is 6.80. The molecule has 0 saturated carbocycles. The molecule has 0 aliphatic rings. The van der Waals surface area contributed by atoms with E-state index in [-0.39, 0.29) is 0 Å². The first-order valence-corrected chi connectivity index (χ1v) is 11.8. The normalized spacial score (nSPS) is 12.1. The molecule has 4 rings (SSSR count). The van der Waals surface area contributed by atoms with Gasteiger partial charge in [-0.1, -0.05) is 12.1 Å². The number of alkyl halides is 3. The highest BCUT2D eigenvalue weighted by atomic mass is 32.2. The second-order valence-electron chi connectivity index (χ2n) is 8.50. The van der Waals surface area contributed by atoms with Gasteiger partial charge in [0.25, 0.3) is 0 Å². The number of ether oxygens (including phenoxy) is 1. The molecule has 0 atom stereocenters. The first-order valence-electron chi connectivity index (χ1n) is 10.8. The molecular weight excluding hydrogens is 477 g/mol. The third-order valence-electron chi connectivity index (χ3n) is 5.40. The van der Waals surface area contributed by atoms with E-state index in [2.05, 4.69) is 5.10 Å². The lowest BCUT2D eigenvalue weighted by Crippen LogP contribution is -2.37. The van der Waals surface area contributed by atoms with Crippen molar-refractivity contribution < 1.29 is 27.8 Å². The number of thioether (sulfide) groups is 1. The molecule has 35 heavy (non-hydrogen) atoms. The van der Waals surface area contributed by atoms with Gasteiger partial charge in [-0.15, -0.1) is 11.8 Å². The molecule has 182 valence electrons. The van der Waals surface area contributed by atoms with Crippen molar-refractivity contribution in [1.29, 1.82) is 0 Å². The molecule has 5 nitrogen and oxygen atoms in total. The SMILES string of the molecule is CC(C)(Oc1ccc(SCCc2ccc3cn(-c4ccc(C(F)(F)F)cc4)nc3c2)cc1)C(=O)O. The standard InChI is InChI=1S/C26H23F3N2O3S/c1-25(2,24(32)33)34-21-9-11-22(12-10-21)35-14-13-17-3-4-18-16-31(30-23(18)15-17)20-7-5-19(6-8-20)26(27,28)29/h3-12,15-16H,13-14H2,1-2H3,(H,32,33). The van der Waals surface area contributed by atoms with Crippen LogP contribution < -0.4 is 4.74 Å². The molecule has 0 bridgehead atoms. The topological polar surface area (TPSA) is 64.4 Å². The molecule has 1 N–H and O–H groups in total. The van der Waals surface area contributed by atoms with Gasteiger partial charge >= 0.3 is 12.1 Å². The van der Waals surface area contributed by atoms with Crippen molar-refractivity contribution in [3.05, 3.63) is 84.1 Å². The quantitative estimate of drug-likeness (QED) is 0.276. The number of hydrogen-bond acceptors (Lipinski definition) is 4. The van der Waals surface area contributed by atoms with E-state index in [4.69, 9.17) is 4.74 Å². The number of benzene rings is 3. The molecule has 9 heteroatoms. The van der Waals surface area contributed by atoms with Gasteiger partial charge in [0, 0.05) is 22.2 Å². The summed E-state index contributed by atoms with van der Waals surface area (Å²) in [5.41, 5.74) is 0.447. The van der Waals surface area contributed by atoms with E-state index in [1.54, 1.807) is 34.8 Å². The number of carboxylic acids is 1. The molecule has 4 aromatic rings. The third-order valence-corrected chi connectivity index (χ3v) is 6.42. The minimum absolute atomic E-state index is 0.496. The monoisotopic (exact) mass is 500 g/mol. The van der Waals surface area contributed by atoms with Gasteiger partial charge in [-0.2, -0.15) is 18.3 Å². The summed E-state index contributed by atoms with van der Waals surface area (Å²) < 4.78 is 45.5. The number of hydrogen-bond donors (Lipinski definition) is 1. The highest BCUT2D eigenvalue weighted by Gasteiger charge is 2.30. The maximum absolute atomic E-state index is 12.8. The number of aliphatic carboxylic acids is 1. The fourth-order valence-corrected chi connectivity index (χ4v) is 4.28. The molecule has 1 aromatic heterocycles. The summed E-state index contributed by atoms with van der Waals surface area (Å²) in [4.78, 5) is 12.2. The average molecular weight is 501 g/mol. The predicted octanol–water partition coefficient (Wildman–Crippen LogP) is 6.62. The third kappa shape index (κ3) is 5.97. The number of carbonyl (C=O) groups is 1. The highest BCUT2D eigenvalue weighted by Crippen LogP contribution is 2.30. The van der Waals surface area contributed by atoms with Gasteiger partial charge in [0.2, 0.25) is 0 Å². The Hall–Kier alpha value is -3.46. The van der Waals surface area contributed by atoms with E-state index in [9.17, 15) is 23.1 Å². The molecule has 0 spiro atoms. The Balaban J connectivity index is 1.37. The van der Waals surface area contributed by atoms with Crippen LogP contribution in [0, 0.1) is 0 Å². The number of nitrogens with zero attached hydrogens (tertiary/aromatic N) is 2. The fraction of sp³-hybridized carbons (Fsp3) is 0.231. The molecule has 0 radical (unpaired) electrons. The van der Waals surface area contributed by atoms with Crippen molar-refractivity contribution in [2.24, 2.45) is 0 Å². The Morgan fingerprint density at radius 2 is 1.71 bits per heavy atom. The molecule has 0 fully saturated rings. The molecule has 0 aliphatic carbocycles. The zero-order valence-corrected chi connectivity index (χ0v) is 19.9. The summed E-state index contributed by atoms with van der Waals surface area (Å²) in [5.74, 6) is 0.291. The Labute approximate surface area is 204 Å². The van der Waals surface area contributed by atoms with Crippen molar-refractivity contribution in [3.63, 3.8) is 0 Å². The van der Waals surface area contributed by atoms with Crippen molar-refractivity contribution in [1.82, 2.24) is 9.78 Å². The number of fused-ring (bicyclic) bond motifs is 1. The van der Waals surface area contributed by atoms with Crippen LogP contribution in [-0.4, -0.2) is 32.2 Å². The number of rotatable bonds is 8. The van der Waals surface area contributed by atoms with Gasteiger partial charge in [0.15, 0.2) is 5.60 Å². The zero-order chi connectivity index (χ0) is 25.2. The van der Waals surface area contributed by atoms with Crippen LogP contribution in [0.2, 0.25) is 0 Å². The lowest BCUT2D eigenvalue weighted by atomic mass is 10.1. The van der Waals surface area contributed by atoms with Gasteiger partial charge < -0.3 is 9.84 Å². The lowest BCUT2D eigenvalue weighted by molar-refractivity contribution is -0.152. The second-order valence-corrected chi connectivity index (χ2v) is 9.67. The minimum Gasteiger partial charge on any atom is -0.478 e. The van der Waals surface area contributed by atoms with E-state index < -0.39 is 23.3 Å². The predicted molar refractivity (Wildman–Crippen MR) is 129 cm³/mol. The molecule has 3 aromatic carbocycles. The average Bonchev–Trinajstić information content (AvgIpc) is 3.23. The van der Waals surface area contributed by atoms with Crippen LogP contribution in [0.15, 0.2) is 77.8 Å². The maximum Gasteiger partial charge on any atom is 0.416 e. The number of aryl methyl sites for hydroxylation is 1. The van der Waals surface area contributed by atoms with E-state index >= 15 is 0 Å². The van der Waals surface area contributed by atoms with Crippen molar-refractivity contribution in [3.8, 4) is 11.4 Å². The summed E-state index contributed by atoms with van der Waals surface area (Å²) in [6.07, 6.45) is -1.77. The fourth-order valence-electron chi connectivity index (χ4n) is 3.38. The number of carboxylic acid groups (broad SMARTS) is 1. The molecule has 0 amide bonds. The minimum atomic E-state index is -4.37. The van der Waals surface area contributed by atoms with Gasteiger partial charge in [-0.05, 0) is 80.4 Å². The Morgan fingerprint density at radius 1 is 1.03 bits per heavy atom. The van der Waals surface area contributed by atoms with Crippen molar-refractivity contribution >= 4 is 28.6 Å². The van der Waals surface area contributed by atoms with E-state index in [1.165, 1.54) is 26.0 Å². The summed E-state index contributed by atoms with van der Waals surface area (Å²) in [7, 11) is 0. The van der Waals surface area contributed by atoms with Crippen molar-refractivity contribution in [2.45, 2.75) is 36.9 Å². The van der Waals surface area contributed by atoms with Gasteiger partial charge in [-0.25, -0.2) is 9.48 Å². The van der Waals surface area contributed by atoms with Gasteiger partial charge in [0.1, 0.15) is 5.75 Å². The second kappa shape index (κ2) is 9.65. The summed E-state index contributed by atoms with van der Waals surface area (Å²) >= 11 is 1.67. The molecule has 0 saturated heterocycles. The van der Waals surface area contributed by atoms with Crippen LogP contribution in [-0.2, 0) is 17.4 Å². The first-order chi connectivity index (χ1) is 16.5. The molecule has 0 unspecified atom stereocenters.